The fraction of sp³-hybridized carbons (Fsp3) is 0.273. The summed E-state index contributed by atoms with van der Waals surface area (Å²) in [4.78, 5) is 18.4. The van der Waals surface area contributed by atoms with Crippen LogP contribution in [0.5, 0.6) is 5.75 Å². The summed E-state index contributed by atoms with van der Waals surface area (Å²) in [7, 11) is -2.23. The zero-order chi connectivity index (χ0) is 21.3. The number of hydrogen-bond acceptors (Lipinski definition) is 6. The number of amides is 1. The fourth-order valence-corrected chi connectivity index (χ4v) is 5.36. The van der Waals surface area contributed by atoms with Gasteiger partial charge in [-0.3, -0.25) is 9.78 Å². The second kappa shape index (κ2) is 7.95. The Morgan fingerprint density at radius 3 is 2.47 bits per heavy atom. The number of fused-ring (bicyclic) bond motifs is 1. The third-order valence-corrected chi connectivity index (χ3v) is 7.34. The highest BCUT2D eigenvalue weighted by atomic mass is 32.2. The van der Waals surface area contributed by atoms with Crippen molar-refractivity contribution in [1.82, 2.24) is 4.98 Å². The summed E-state index contributed by atoms with van der Waals surface area (Å²) < 4.78 is 32.4. The van der Waals surface area contributed by atoms with E-state index in [1.807, 2.05) is 17.0 Å². The molecular formula is C22H23N3O4S. The number of ether oxygens (including phenoxy) is 1. The minimum absolute atomic E-state index is 0.145. The summed E-state index contributed by atoms with van der Waals surface area (Å²) in [6, 6.07) is 13.7. The Hall–Kier alpha value is -3.13. The van der Waals surface area contributed by atoms with Gasteiger partial charge >= 0.3 is 0 Å². The lowest BCUT2D eigenvalue weighted by Gasteiger charge is -2.34. The monoisotopic (exact) mass is 425 g/mol. The second-order valence-corrected chi connectivity index (χ2v) is 9.25. The first-order valence-electron chi connectivity index (χ1n) is 9.73. The molecule has 1 aromatic heterocycles. The maximum absolute atomic E-state index is 13.5. The van der Waals surface area contributed by atoms with Gasteiger partial charge < -0.3 is 15.4 Å². The number of nitrogens with two attached hydrogens (primary N) is 1. The molecule has 0 bridgehead atoms. The van der Waals surface area contributed by atoms with E-state index in [1.54, 1.807) is 43.5 Å². The second-order valence-electron chi connectivity index (χ2n) is 7.33. The Balaban J connectivity index is 1.90. The van der Waals surface area contributed by atoms with E-state index in [4.69, 9.17) is 10.5 Å². The number of piperidine rings is 1. The van der Waals surface area contributed by atoms with Gasteiger partial charge in [0.05, 0.1) is 23.2 Å². The lowest BCUT2D eigenvalue weighted by molar-refractivity contribution is -0.122. The zero-order valence-electron chi connectivity index (χ0n) is 16.6. The predicted molar refractivity (Wildman–Crippen MR) is 114 cm³/mol. The van der Waals surface area contributed by atoms with Crippen LogP contribution in [-0.2, 0) is 14.6 Å². The molecule has 4 rings (SSSR count). The van der Waals surface area contributed by atoms with Crippen LogP contribution in [0.3, 0.4) is 0 Å². The summed E-state index contributed by atoms with van der Waals surface area (Å²) in [5.74, 6) is 0.109. The van der Waals surface area contributed by atoms with Gasteiger partial charge in [0, 0.05) is 30.6 Å². The summed E-state index contributed by atoms with van der Waals surface area (Å²) in [5.41, 5.74) is 6.74. The number of sulfone groups is 1. The Morgan fingerprint density at radius 2 is 1.83 bits per heavy atom. The van der Waals surface area contributed by atoms with Crippen LogP contribution in [0.15, 0.2) is 64.5 Å². The number of carbonyl (C=O) groups is 1. The number of hydrogen-bond donors (Lipinski definition) is 1. The maximum atomic E-state index is 13.5. The van der Waals surface area contributed by atoms with Crippen LogP contribution >= 0.6 is 0 Å². The minimum Gasteiger partial charge on any atom is -0.497 e. The van der Waals surface area contributed by atoms with Gasteiger partial charge in [-0.1, -0.05) is 18.2 Å². The van der Waals surface area contributed by atoms with Crippen LogP contribution in [0.4, 0.5) is 5.69 Å². The molecule has 2 aromatic carbocycles. The molecule has 3 aromatic rings. The SMILES string of the molecule is COc1ccc2ncc(S(=O)(=O)c3ccccc3)c(N3CCC(C(N)=O)CC3)c2c1. The molecule has 156 valence electrons. The number of pyridine rings is 1. The molecule has 8 heteroatoms. The fourth-order valence-electron chi connectivity index (χ4n) is 3.90. The molecule has 0 saturated carbocycles. The topological polar surface area (TPSA) is 103 Å². The largest absolute Gasteiger partial charge is 0.497 e. The average molecular weight is 426 g/mol. The van der Waals surface area contributed by atoms with E-state index in [0.29, 0.717) is 48.3 Å². The molecule has 0 atom stereocenters. The average Bonchev–Trinajstić information content (AvgIpc) is 2.78. The molecule has 1 amide bonds. The van der Waals surface area contributed by atoms with E-state index >= 15 is 0 Å². The van der Waals surface area contributed by atoms with Crippen LogP contribution in [0.25, 0.3) is 10.9 Å². The van der Waals surface area contributed by atoms with E-state index in [2.05, 4.69) is 4.98 Å². The zero-order valence-corrected chi connectivity index (χ0v) is 17.4. The van der Waals surface area contributed by atoms with Gasteiger partial charge in [0.25, 0.3) is 0 Å². The van der Waals surface area contributed by atoms with Gasteiger partial charge in [-0.05, 0) is 43.2 Å². The Bertz CT molecular complexity index is 1190. The van der Waals surface area contributed by atoms with Crippen LogP contribution in [-0.4, -0.2) is 39.5 Å². The van der Waals surface area contributed by atoms with Gasteiger partial charge in [-0.25, -0.2) is 8.42 Å². The standard InChI is InChI=1S/C22H23N3O4S/c1-29-16-7-8-19-18(13-16)21(25-11-9-15(10-12-25)22(23)26)20(14-24-19)30(27,28)17-5-3-2-4-6-17/h2-8,13-15H,9-12H2,1H3,(H2,23,26). The molecular weight excluding hydrogens is 402 g/mol. The highest BCUT2D eigenvalue weighted by molar-refractivity contribution is 7.91. The van der Waals surface area contributed by atoms with Gasteiger partial charge in [0.2, 0.25) is 15.7 Å². The van der Waals surface area contributed by atoms with E-state index in [9.17, 15) is 13.2 Å². The first kappa shape index (κ1) is 20.2. The van der Waals surface area contributed by atoms with Crippen molar-refractivity contribution in [1.29, 1.82) is 0 Å². The summed E-state index contributed by atoms with van der Waals surface area (Å²) in [5, 5.41) is 0.698. The quantitative estimate of drug-likeness (QED) is 0.674. The van der Waals surface area contributed by atoms with Crippen molar-refractivity contribution in [2.75, 3.05) is 25.1 Å². The molecule has 30 heavy (non-hydrogen) atoms. The number of aromatic nitrogens is 1. The Morgan fingerprint density at radius 1 is 1.13 bits per heavy atom. The van der Waals surface area contributed by atoms with Crippen molar-refractivity contribution in [3.05, 3.63) is 54.7 Å². The molecule has 1 saturated heterocycles. The molecule has 7 nitrogen and oxygen atoms in total. The van der Waals surface area contributed by atoms with Crippen LogP contribution in [0, 0.1) is 5.92 Å². The van der Waals surface area contributed by atoms with Crippen LogP contribution in [0.2, 0.25) is 0 Å². The van der Waals surface area contributed by atoms with E-state index in [0.717, 1.165) is 0 Å². The highest BCUT2D eigenvalue weighted by Crippen LogP contribution is 2.38. The number of rotatable bonds is 5. The summed E-state index contributed by atoms with van der Waals surface area (Å²) >= 11 is 0. The molecule has 0 aliphatic carbocycles. The summed E-state index contributed by atoms with van der Waals surface area (Å²) in [6.45, 7) is 1.06. The van der Waals surface area contributed by atoms with Crippen molar-refractivity contribution in [3.8, 4) is 5.75 Å². The van der Waals surface area contributed by atoms with Crippen molar-refractivity contribution < 1.29 is 17.9 Å². The van der Waals surface area contributed by atoms with E-state index < -0.39 is 9.84 Å². The lowest BCUT2D eigenvalue weighted by atomic mass is 9.95. The Labute approximate surface area is 175 Å². The van der Waals surface area contributed by atoms with Crippen molar-refractivity contribution >= 4 is 32.3 Å². The Kier molecular flexibility index (Phi) is 5.34. The highest BCUT2D eigenvalue weighted by Gasteiger charge is 2.30. The third kappa shape index (κ3) is 3.59. The van der Waals surface area contributed by atoms with E-state index in [1.165, 1.54) is 6.20 Å². The first-order valence-corrected chi connectivity index (χ1v) is 11.2. The van der Waals surface area contributed by atoms with Crippen LogP contribution < -0.4 is 15.4 Å². The van der Waals surface area contributed by atoms with Gasteiger partial charge in [-0.15, -0.1) is 0 Å². The number of methoxy groups -OCH3 is 1. The summed E-state index contributed by atoms with van der Waals surface area (Å²) in [6.07, 6.45) is 2.58. The third-order valence-electron chi connectivity index (χ3n) is 5.57. The first-order chi connectivity index (χ1) is 14.4. The number of anilines is 1. The number of carbonyl (C=O) groups excluding carboxylic acids is 1. The van der Waals surface area contributed by atoms with E-state index in [-0.39, 0.29) is 21.6 Å². The predicted octanol–water partition coefficient (Wildman–Crippen LogP) is 2.78. The molecule has 0 spiro atoms. The van der Waals surface area contributed by atoms with Crippen molar-refractivity contribution in [3.63, 3.8) is 0 Å². The molecule has 1 fully saturated rings. The van der Waals surface area contributed by atoms with Crippen molar-refractivity contribution in [2.24, 2.45) is 11.7 Å². The minimum atomic E-state index is -3.80. The van der Waals surface area contributed by atoms with Crippen LogP contribution in [0.1, 0.15) is 12.8 Å². The molecule has 0 unspecified atom stereocenters. The molecule has 1 aliphatic heterocycles. The van der Waals surface area contributed by atoms with Gasteiger partial charge in [-0.2, -0.15) is 0 Å². The smallest absolute Gasteiger partial charge is 0.220 e. The normalized spacial score (nSPS) is 15.3. The van der Waals surface area contributed by atoms with Gasteiger partial charge in [0.1, 0.15) is 10.6 Å². The maximum Gasteiger partial charge on any atom is 0.220 e. The van der Waals surface area contributed by atoms with Crippen molar-refractivity contribution in [2.45, 2.75) is 22.6 Å². The lowest BCUT2D eigenvalue weighted by Crippen LogP contribution is -2.39. The molecule has 0 radical (unpaired) electrons. The molecule has 2 heterocycles. The molecule has 2 N–H and O–H groups in total. The molecule has 1 aliphatic rings. The van der Waals surface area contributed by atoms with Gasteiger partial charge in [0.15, 0.2) is 0 Å². The number of primary amides is 1. The number of nitrogens with zero attached hydrogens (tertiary/aromatic N) is 2. The number of benzene rings is 2.